The number of nitrogens with zero attached hydrogens (tertiary/aromatic N) is 2. The Bertz CT molecular complexity index is 824. The van der Waals surface area contributed by atoms with E-state index in [1.165, 1.54) is 37.1 Å². The Balaban J connectivity index is 2.22. The van der Waals surface area contributed by atoms with E-state index in [9.17, 15) is 19.7 Å². The predicted octanol–water partition coefficient (Wildman–Crippen LogP) is 2.78. The van der Waals surface area contributed by atoms with Gasteiger partial charge in [-0.05, 0) is 31.5 Å². The zero-order chi connectivity index (χ0) is 18.0. The van der Waals surface area contributed by atoms with Crippen LogP contribution in [0.1, 0.15) is 37.8 Å². The molecule has 0 spiro atoms. The van der Waals surface area contributed by atoms with Gasteiger partial charge in [0.05, 0.1) is 11.5 Å². The van der Waals surface area contributed by atoms with Gasteiger partial charge in [-0.2, -0.15) is 0 Å². The van der Waals surface area contributed by atoms with Crippen LogP contribution in [0.5, 0.6) is 0 Å². The molecule has 1 aromatic carbocycles. The number of carbonyl (C=O) groups excluding carboxylic acids is 1. The van der Waals surface area contributed by atoms with Crippen molar-refractivity contribution in [3.8, 4) is 0 Å². The molecule has 1 amide bonds. The number of hydrogen-bond donors (Lipinski definition) is 1. The highest BCUT2D eigenvalue weighted by Gasteiger charge is 2.19. The number of carboxylic acid groups (broad SMARTS) is 1. The summed E-state index contributed by atoms with van der Waals surface area (Å²) in [5.41, 5.74) is 0.666. The number of furan rings is 1. The average Bonchev–Trinajstić information content (AvgIpc) is 2.86. The van der Waals surface area contributed by atoms with E-state index in [0.29, 0.717) is 11.3 Å². The Labute approximate surface area is 137 Å². The molecule has 0 aliphatic heterocycles. The van der Waals surface area contributed by atoms with E-state index in [0.717, 1.165) is 0 Å². The van der Waals surface area contributed by atoms with E-state index < -0.39 is 16.8 Å². The zero-order valence-electron chi connectivity index (χ0n) is 13.4. The molecule has 1 heterocycles. The van der Waals surface area contributed by atoms with Gasteiger partial charge < -0.3 is 14.4 Å². The summed E-state index contributed by atoms with van der Waals surface area (Å²) in [7, 11) is 1.51. The Kier molecular flexibility index (Phi) is 4.68. The summed E-state index contributed by atoms with van der Waals surface area (Å²) < 4.78 is 5.34. The fraction of sp³-hybridized carbons (Fsp3) is 0.250. The van der Waals surface area contributed by atoms with Crippen LogP contribution in [0.15, 0.2) is 28.7 Å². The summed E-state index contributed by atoms with van der Waals surface area (Å²) in [6.45, 7) is 3.24. The summed E-state index contributed by atoms with van der Waals surface area (Å²) >= 11 is 0. The molecule has 2 aromatic rings. The van der Waals surface area contributed by atoms with Crippen molar-refractivity contribution in [2.75, 3.05) is 7.05 Å². The van der Waals surface area contributed by atoms with E-state index in [1.807, 2.05) is 0 Å². The maximum atomic E-state index is 12.4. The number of rotatable bonds is 5. The minimum atomic E-state index is -1.11. The molecule has 2 rings (SSSR count). The van der Waals surface area contributed by atoms with Crippen molar-refractivity contribution in [2.24, 2.45) is 0 Å². The maximum Gasteiger partial charge on any atom is 0.339 e. The van der Waals surface area contributed by atoms with Gasteiger partial charge in [-0.3, -0.25) is 14.9 Å². The molecule has 0 saturated heterocycles. The third-order valence-corrected chi connectivity index (χ3v) is 3.46. The Morgan fingerprint density at radius 2 is 1.92 bits per heavy atom. The van der Waals surface area contributed by atoms with Gasteiger partial charge in [-0.15, -0.1) is 0 Å². The van der Waals surface area contributed by atoms with Gasteiger partial charge >= 0.3 is 5.97 Å². The number of aryl methyl sites for hydroxylation is 2. The molecular formula is C16H16N2O6. The quantitative estimate of drug-likeness (QED) is 0.665. The second-order valence-corrected chi connectivity index (χ2v) is 5.46. The lowest BCUT2D eigenvalue weighted by atomic mass is 10.1. The highest BCUT2D eigenvalue weighted by molar-refractivity contribution is 5.95. The van der Waals surface area contributed by atoms with Crippen molar-refractivity contribution in [1.29, 1.82) is 0 Å². The van der Waals surface area contributed by atoms with E-state index in [2.05, 4.69) is 0 Å². The zero-order valence-corrected chi connectivity index (χ0v) is 13.4. The topological polar surface area (TPSA) is 114 Å². The smallest absolute Gasteiger partial charge is 0.339 e. The van der Waals surface area contributed by atoms with Gasteiger partial charge in [0.15, 0.2) is 0 Å². The van der Waals surface area contributed by atoms with Gasteiger partial charge in [0, 0.05) is 24.7 Å². The predicted molar refractivity (Wildman–Crippen MR) is 84.0 cm³/mol. The Morgan fingerprint density at radius 1 is 1.25 bits per heavy atom. The van der Waals surface area contributed by atoms with Crippen molar-refractivity contribution >= 4 is 17.6 Å². The van der Waals surface area contributed by atoms with E-state index >= 15 is 0 Å². The van der Waals surface area contributed by atoms with Gasteiger partial charge in [0.1, 0.15) is 17.1 Å². The van der Waals surface area contributed by atoms with Crippen LogP contribution in [0.3, 0.4) is 0 Å². The highest BCUT2D eigenvalue weighted by Crippen LogP contribution is 2.20. The Hall–Kier alpha value is -3.16. The van der Waals surface area contributed by atoms with Crippen LogP contribution in [-0.4, -0.2) is 33.9 Å². The molecule has 0 aliphatic rings. The van der Waals surface area contributed by atoms with Crippen LogP contribution in [0, 0.1) is 24.0 Å². The highest BCUT2D eigenvalue weighted by atomic mass is 16.6. The van der Waals surface area contributed by atoms with Crippen molar-refractivity contribution in [1.82, 2.24) is 4.90 Å². The van der Waals surface area contributed by atoms with E-state index in [1.54, 1.807) is 13.0 Å². The molecule has 0 radical (unpaired) electrons. The summed E-state index contributed by atoms with van der Waals surface area (Å²) in [4.78, 5) is 35.1. The molecule has 1 aromatic heterocycles. The number of carbonyl (C=O) groups is 2. The lowest BCUT2D eigenvalue weighted by Crippen LogP contribution is -2.26. The second kappa shape index (κ2) is 6.53. The largest absolute Gasteiger partial charge is 0.478 e. The minimum Gasteiger partial charge on any atom is -0.478 e. The first kappa shape index (κ1) is 17.2. The molecule has 0 unspecified atom stereocenters. The summed E-state index contributed by atoms with van der Waals surface area (Å²) in [6.07, 6.45) is 0. The molecule has 24 heavy (non-hydrogen) atoms. The number of amides is 1. The molecule has 8 nitrogen and oxygen atoms in total. The normalized spacial score (nSPS) is 10.5. The van der Waals surface area contributed by atoms with Crippen molar-refractivity contribution < 1.29 is 24.0 Å². The first-order valence-electron chi connectivity index (χ1n) is 7.03. The summed E-state index contributed by atoms with van der Waals surface area (Å²) in [5, 5.41) is 19.9. The number of nitro groups is 1. The van der Waals surface area contributed by atoms with Gasteiger partial charge in [0.25, 0.3) is 11.6 Å². The second-order valence-electron chi connectivity index (χ2n) is 5.46. The van der Waals surface area contributed by atoms with Crippen LogP contribution >= 0.6 is 0 Å². The summed E-state index contributed by atoms with van der Waals surface area (Å²) in [5.74, 6) is -0.953. The van der Waals surface area contributed by atoms with Gasteiger partial charge in [-0.25, -0.2) is 4.79 Å². The van der Waals surface area contributed by atoms with Crippen molar-refractivity contribution in [3.05, 3.63) is 62.6 Å². The number of benzene rings is 1. The van der Waals surface area contributed by atoms with Gasteiger partial charge in [-0.1, -0.05) is 0 Å². The standard InChI is InChI=1S/C16H16N2O6/c1-9-4-11(6-12(5-9)18(22)23)15(19)17(3)8-13-7-14(16(20)21)10(2)24-13/h4-7H,8H2,1-3H3,(H,20,21). The molecule has 8 heteroatoms. The molecular weight excluding hydrogens is 316 g/mol. The Morgan fingerprint density at radius 3 is 2.46 bits per heavy atom. The van der Waals surface area contributed by atoms with Crippen LogP contribution < -0.4 is 0 Å². The molecule has 1 N–H and O–H groups in total. The lowest BCUT2D eigenvalue weighted by Gasteiger charge is -2.16. The SMILES string of the molecule is Cc1cc(C(=O)N(C)Cc2cc(C(=O)O)c(C)o2)cc([N+](=O)[O-])c1. The maximum absolute atomic E-state index is 12.4. The monoisotopic (exact) mass is 332 g/mol. The average molecular weight is 332 g/mol. The third-order valence-electron chi connectivity index (χ3n) is 3.46. The van der Waals surface area contributed by atoms with Crippen LogP contribution in [-0.2, 0) is 6.54 Å². The van der Waals surface area contributed by atoms with Crippen molar-refractivity contribution in [2.45, 2.75) is 20.4 Å². The van der Waals surface area contributed by atoms with Crippen LogP contribution in [0.25, 0.3) is 0 Å². The number of carboxylic acids is 1. The third kappa shape index (κ3) is 3.60. The fourth-order valence-electron chi connectivity index (χ4n) is 2.35. The number of hydrogen-bond acceptors (Lipinski definition) is 5. The molecule has 126 valence electrons. The van der Waals surface area contributed by atoms with Crippen molar-refractivity contribution in [3.63, 3.8) is 0 Å². The lowest BCUT2D eigenvalue weighted by molar-refractivity contribution is -0.384. The molecule has 0 aliphatic carbocycles. The van der Waals surface area contributed by atoms with Crippen LogP contribution in [0.2, 0.25) is 0 Å². The van der Waals surface area contributed by atoms with Gasteiger partial charge in [0.2, 0.25) is 0 Å². The number of nitro benzene ring substituents is 1. The minimum absolute atomic E-state index is 0.0389. The molecule has 0 fully saturated rings. The number of non-ortho nitro benzene ring substituents is 1. The van der Waals surface area contributed by atoms with E-state index in [4.69, 9.17) is 9.52 Å². The number of aromatic carboxylic acids is 1. The van der Waals surface area contributed by atoms with Crippen LogP contribution in [0.4, 0.5) is 5.69 Å². The molecule has 0 atom stereocenters. The first-order valence-corrected chi connectivity index (χ1v) is 7.03. The first-order chi connectivity index (χ1) is 11.2. The fourth-order valence-corrected chi connectivity index (χ4v) is 2.35. The molecule has 0 bridgehead atoms. The van der Waals surface area contributed by atoms with E-state index in [-0.39, 0.29) is 29.1 Å². The summed E-state index contributed by atoms with van der Waals surface area (Å²) in [6, 6.07) is 5.51. The molecule has 0 saturated carbocycles.